The van der Waals surface area contributed by atoms with E-state index in [0.29, 0.717) is 31.0 Å². The van der Waals surface area contributed by atoms with Crippen LogP contribution in [0.4, 0.5) is 0 Å². The maximum Gasteiger partial charge on any atom is 0.255 e. The van der Waals surface area contributed by atoms with Crippen LogP contribution >= 0.6 is 0 Å². The molecular formula is C19H24N4O3. The predicted octanol–water partition coefficient (Wildman–Crippen LogP) is 0.147. The molecule has 2 saturated heterocycles. The molecular weight excluding hydrogens is 332 g/mol. The Morgan fingerprint density at radius 2 is 2.08 bits per heavy atom. The molecule has 4 rings (SSSR count). The average molecular weight is 356 g/mol. The number of nitrogens with zero attached hydrogens (tertiary/aromatic N) is 1. The second-order valence-corrected chi connectivity index (χ2v) is 7.34. The van der Waals surface area contributed by atoms with Gasteiger partial charge in [-0.05, 0) is 49.5 Å². The van der Waals surface area contributed by atoms with Crippen LogP contribution in [0.1, 0.15) is 40.7 Å². The van der Waals surface area contributed by atoms with Crippen molar-refractivity contribution in [3.8, 4) is 0 Å². The summed E-state index contributed by atoms with van der Waals surface area (Å²) in [4.78, 5) is 38.1. The monoisotopic (exact) mass is 356 g/mol. The number of carbonyl (C=O) groups excluding carboxylic acids is 3. The highest BCUT2D eigenvalue weighted by Crippen LogP contribution is 2.29. The van der Waals surface area contributed by atoms with Gasteiger partial charge in [0.25, 0.3) is 5.91 Å². The lowest BCUT2D eigenvalue weighted by molar-refractivity contribution is -0.136. The summed E-state index contributed by atoms with van der Waals surface area (Å²) >= 11 is 0. The maximum absolute atomic E-state index is 13.0. The zero-order chi connectivity index (χ0) is 18.1. The quantitative estimate of drug-likeness (QED) is 0.653. The Hall–Kier alpha value is -2.25. The van der Waals surface area contributed by atoms with Gasteiger partial charge in [-0.15, -0.1) is 0 Å². The van der Waals surface area contributed by atoms with E-state index < -0.39 is 6.04 Å². The highest BCUT2D eigenvalue weighted by Gasteiger charge is 2.39. The van der Waals surface area contributed by atoms with Crippen LogP contribution in [0, 0.1) is 5.92 Å². The van der Waals surface area contributed by atoms with Crippen LogP contribution in [0.15, 0.2) is 18.2 Å². The fourth-order valence-electron chi connectivity index (χ4n) is 4.14. The molecule has 3 N–H and O–H groups in total. The highest BCUT2D eigenvalue weighted by atomic mass is 16.2. The van der Waals surface area contributed by atoms with Crippen molar-refractivity contribution in [3.05, 3.63) is 34.9 Å². The Labute approximate surface area is 152 Å². The second-order valence-electron chi connectivity index (χ2n) is 7.34. The van der Waals surface area contributed by atoms with E-state index in [2.05, 4.69) is 16.0 Å². The van der Waals surface area contributed by atoms with Crippen LogP contribution in [0.2, 0.25) is 0 Å². The van der Waals surface area contributed by atoms with E-state index in [0.717, 1.165) is 30.8 Å². The summed E-state index contributed by atoms with van der Waals surface area (Å²) in [5, 5.41) is 9.17. The molecule has 7 heteroatoms. The summed E-state index contributed by atoms with van der Waals surface area (Å²) in [6, 6.07) is 5.33. The Kier molecular flexibility index (Phi) is 4.74. The fraction of sp³-hybridized carbons (Fsp3) is 0.526. The van der Waals surface area contributed by atoms with Crippen molar-refractivity contribution in [1.82, 2.24) is 20.9 Å². The first-order valence-corrected chi connectivity index (χ1v) is 9.30. The molecule has 0 saturated carbocycles. The highest BCUT2D eigenvalue weighted by molar-refractivity contribution is 6.05. The number of fused-ring (bicyclic) bond motifs is 1. The van der Waals surface area contributed by atoms with Crippen molar-refractivity contribution in [2.45, 2.75) is 38.4 Å². The van der Waals surface area contributed by atoms with E-state index in [1.807, 2.05) is 18.2 Å². The third kappa shape index (κ3) is 3.24. The van der Waals surface area contributed by atoms with Gasteiger partial charge in [0, 0.05) is 25.1 Å². The summed E-state index contributed by atoms with van der Waals surface area (Å²) in [5.41, 5.74) is 2.66. The van der Waals surface area contributed by atoms with Gasteiger partial charge in [0.2, 0.25) is 11.8 Å². The van der Waals surface area contributed by atoms with Crippen molar-refractivity contribution in [1.29, 1.82) is 0 Å². The summed E-state index contributed by atoms with van der Waals surface area (Å²) in [5.74, 6) is -0.0885. The van der Waals surface area contributed by atoms with E-state index in [-0.39, 0.29) is 24.1 Å². The molecule has 2 atom stereocenters. The zero-order valence-electron chi connectivity index (χ0n) is 14.7. The van der Waals surface area contributed by atoms with E-state index in [9.17, 15) is 14.4 Å². The van der Waals surface area contributed by atoms with Gasteiger partial charge in [-0.2, -0.15) is 0 Å². The Bertz CT molecular complexity index is 742. The minimum atomic E-state index is -0.557. The Balaban J connectivity index is 1.46. The lowest BCUT2D eigenvalue weighted by Crippen LogP contribution is -2.52. The molecule has 1 unspecified atom stereocenters. The molecule has 0 radical (unpaired) electrons. The topological polar surface area (TPSA) is 90.5 Å². The Morgan fingerprint density at radius 1 is 1.19 bits per heavy atom. The number of hydrogen-bond acceptors (Lipinski definition) is 5. The summed E-state index contributed by atoms with van der Waals surface area (Å²) < 4.78 is 0. The van der Waals surface area contributed by atoms with Crippen molar-refractivity contribution >= 4 is 17.7 Å². The normalized spacial score (nSPS) is 25.5. The first-order valence-electron chi connectivity index (χ1n) is 9.30. The molecule has 0 bridgehead atoms. The van der Waals surface area contributed by atoms with Gasteiger partial charge in [0.05, 0.1) is 0 Å². The second kappa shape index (κ2) is 7.17. The van der Waals surface area contributed by atoms with Crippen molar-refractivity contribution < 1.29 is 14.4 Å². The van der Waals surface area contributed by atoms with Gasteiger partial charge in [0.1, 0.15) is 6.04 Å². The van der Waals surface area contributed by atoms with E-state index in [1.54, 1.807) is 4.90 Å². The number of imide groups is 1. The predicted molar refractivity (Wildman–Crippen MR) is 95.2 cm³/mol. The number of amides is 3. The van der Waals surface area contributed by atoms with E-state index >= 15 is 0 Å². The van der Waals surface area contributed by atoms with Crippen LogP contribution < -0.4 is 16.0 Å². The van der Waals surface area contributed by atoms with Crippen LogP contribution in [-0.2, 0) is 22.7 Å². The maximum atomic E-state index is 13.0. The lowest BCUT2D eigenvalue weighted by Gasteiger charge is -2.29. The molecule has 7 nitrogen and oxygen atoms in total. The van der Waals surface area contributed by atoms with Gasteiger partial charge < -0.3 is 15.5 Å². The van der Waals surface area contributed by atoms with Crippen LogP contribution in [0.5, 0.6) is 0 Å². The largest absolute Gasteiger partial charge is 0.322 e. The third-order valence-corrected chi connectivity index (χ3v) is 5.55. The number of rotatable bonds is 5. The van der Waals surface area contributed by atoms with Gasteiger partial charge >= 0.3 is 0 Å². The molecule has 3 amide bonds. The average Bonchev–Trinajstić information content (AvgIpc) is 3.24. The number of carbonyl (C=O) groups is 3. The lowest BCUT2D eigenvalue weighted by atomic mass is 10.0. The number of benzene rings is 1. The van der Waals surface area contributed by atoms with Crippen LogP contribution in [-0.4, -0.2) is 48.3 Å². The molecule has 138 valence electrons. The van der Waals surface area contributed by atoms with Crippen LogP contribution in [0.25, 0.3) is 0 Å². The van der Waals surface area contributed by atoms with E-state index in [4.69, 9.17) is 0 Å². The van der Waals surface area contributed by atoms with Crippen LogP contribution in [0.3, 0.4) is 0 Å². The SMILES string of the molecule is O=C1CCC(N2Cc3cccc(CNC[C@@H]4CCNC4)c3C2=O)C(=O)N1. The van der Waals surface area contributed by atoms with Gasteiger partial charge in [-0.1, -0.05) is 18.2 Å². The number of piperidine rings is 1. The zero-order valence-corrected chi connectivity index (χ0v) is 14.7. The molecule has 26 heavy (non-hydrogen) atoms. The summed E-state index contributed by atoms with van der Waals surface area (Å²) in [6.07, 6.45) is 1.86. The third-order valence-electron chi connectivity index (χ3n) is 5.55. The summed E-state index contributed by atoms with van der Waals surface area (Å²) in [6.45, 7) is 4.13. The van der Waals surface area contributed by atoms with Crippen molar-refractivity contribution in [3.63, 3.8) is 0 Å². The minimum Gasteiger partial charge on any atom is -0.322 e. The Morgan fingerprint density at radius 3 is 2.85 bits per heavy atom. The van der Waals surface area contributed by atoms with Crippen molar-refractivity contribution in [2.24, 2.45) is 5.92 Å². The molecule has 0 aliphatic carbocycles. The fourth-order valence-corrected chi connectivity index (χ4v) is 4.14. The molecule has 3 heterocycles. The molecule has 1 aromatic rings. The molecule has 0 spiro atoms. The standard InChI is InChI=1S/C19H24N4O3/c24-16-5-4-15(18(25)22-16)23-11-14-3-1-2-13(17(14)19(23)26)10-21-9-12-6-7-20-8-12/h1-3,12,15,20-21H,4-11H2,(H,22,24,25)/t12-,15?/m1/s1. The van der Waals surface area contributed by atoms with Crippen molar-refractivity contribution in [2.75, 3.05) is 19.6 Å². The number of nitrogens with one attached hydrogen (secondary N) is 3. The molecule has 2 fully saturated rings. The molecule has 3 aliphatic rings. The first kappa shape index (κ1) is 17.2. The summed E-state index contributed by atoms with van der Waals surface area (Å²) in [7, 11) is 0. The molecule has 3 aliphatic heterocycles. The molecule has 1 aromatic carbocycles. The first-order chi connectivity index (χ1) is 12.6. The van der Waals surface area contributed by atoms with Gasteiger partial charge in [-0.3, -0.25) is 19.7 Å². The molecule has 0 aromatic heterocycles. The number of hydrogen-bond donors (Lipinski definition) is 3. The smallest absolute Gasteiger partial charge is 0.255 e. The van der Waals surface area contributed by atoms with Gasteiger partial charge in [-0.25, -0.2) is 0 Å². The minimum absolute atomic E-state index is 0.102. The van der Waals surface area contributed by atoms with E-state index in [1.165, 1.54) is 6.42 Å². The van der Waals surface area contributed by atoms with Gasteiger partial charge in [0.15, 0.2) is 0 Å².